The van der Waals surface area contributed by atoms with E-state index in [1.165, 1.54) is 5.56 Å². The number of nitrogens with one attached hydrogen (secondary N) is 3. The van der Waals surface area contributed by atoms with E-state index < -0.39 is 0 Å². The number of hydrogen-bond acceptors (Lipinski definition) is 4. The quantitative estimate of drug-likeness (QED) is 0.459. The van der Waals surface area contributed by atoms with Gasteiger partial charge in [0.15, 0.2) is 5.96 Å². The summed E-state index contributed by atoms with van der Waals surface area (Å²) in [7, 11) is 1.70. The fraction of sp³-hybridized carbons (Fsp3) is 0.667. The number of methoxy groups -OCH3 is 1. The number of ether oxygens (including phenoxy) is 2. The van der Waals surface area contributed by atoms with Gasteiger partial charge in [-0.25, -0.2) is 4.99 Å². The minimum Gasteiger partial charge on any atom is -0.496 e. The van der Waals surface area contributed by atoms with Gasteiger partial charge in [-0.2, -0.15) is 0 Å². The number of guanidine groups is 1. The fourth-order valence-electron chi connectivity index (χ4n) is 4.58. The second-order valence-corrected chi connectivity index (χ2v) is 9.09. The first-order valence-corrected chi connectivity index (χ1v) is 11.8. The second-order valence-electron chi connectivity index (χ2n) is 9.09. The summed E-state index contributed by atoms with van der Waals surface area (Å²) in [6.45, 7) is 5.43. The average Bonchev–Trinajstić information content (AvgIpc) is 3.50. The number of hydrogen-bond donors (Lipinski definition) is 3. The highest BCUT2D eigenvalue weighted by atomic mass is 16.5. The van der Waals surface area contributed by atoms with Gasteiger partial charge < -0.3 is 25.4 Å². The number of aliphatic imine (C=N–C) groups is 1. The normalized spacial score (nSPS) is 25.4. The zero-order valence-electron chi connectivity index (χ0n) is 19.0. The van der Waals surface area contributed by atoms with Crippen LogP contribution in [0.2, 0.25) is 0 Å². The number of carbonyl (C=O) groups is 1. The van der Waals surface area contributed by atoms with Crippen LogP contribution in [-0.2, 0) is 17.8 Å². The van der Waals surface area contributed by atoms with Crippen LogP contribution in [0, 0.1) is 5.92 Å². The molecule has 0 bridgehead atoms. The molecule has 0 saturated heterocycles. The van der Waals surface area contributed by atoms with Crippen molar-refractivity contribution >= 4 is 11.9 Å². The molecule has 2 fully saturated rings. The maximum atomic E-state index is 12.5. The van der Waals surface area contributed by atoms with Crippen LogP contribution in [0.4, 0.5) is 0 Å². The predicted molar refractivity (Wildman–Crippen MR) is 122 cm³/mol. The number of rotatable bonds is 7. The van der Waals surface area contributed by atoms with Crippen molar-refractivity contribution in [1.29, 1.82) is 0 Å². The average molecular weight is 429 g/mol. The lowest BCUT2D eigenvalue weighted by Gasteiger charge is -2.30. The molecule has 3 atom stereocenters. The summed E-state index contributed by atoms with van der Waals surface area (Å²) >= 11 is 0. The number of fused-ring (bicyclic) bond motifs is 1. The molecule has 31 heavy (non-hydrogen) atoms. The minimum absolute atomic E-state index is 0.102. The molecule has 0 radical (unpaired) electrons. The Hall–Kier alpha value is -2.44. The van der Waals surface area contributed by atoms with E-state index in [1.54, 1.807) is 7.11 Å². The highest BCUT2D eigenvalue weighted by Crippen LogP contribution is 2.35. The largest absolute Gasteiger partial charge is 0.496 e. The number of nitrogens with zero attached hydrogens (tertiary/aromatic N) is 1. The number of amides is 1. The second kappa shape index (κ2) is 9.79. The van der Waals surface area contributed by atoms with Crippen LogP contribution in [0.1, 0.15) is 63.5 Å². The van der Waals surface area contributed by atoms with E-state index in [9.17, 15) is 4.79 Å². The Morgan fingerprint density at radius 1 is 1.19 bits per heavy atom. The SMILES string of the molecule is CCNC(=NCc1cc2c(cc1OC)CC(C)O2)NC1CCCC(C(=O)NC2CC2)C1. The Morgan fingerprint density at radius 2 is 2.03 bits per heavy atom. The van der Waals surface area contributed by atoms with E-state index in [1.807, 2.05) is 0 Å². The van der Waals surface area contributed by atoms with Gasteiger partial charge in [-0.3, -0.25) is 4.79 Å². The van der Waals surface area contributed by atoms with Crippen LogP contribution in [0.5, 0.6) is 11.5 Å². The van der Waals surface area contributed by atoms with Crippen LogP contribution in [0.3, 0.4) is 0 Å². The summed E-state index contributed by atoms with van der Waals surface area (Å²) in [5.41, 5.74) is 2.21. The molecule has 1 aliphatic heterocycles. The van der Waals surface area contributed by atoms with Gasteiger partial charge >= 0.3 is 0 Å². The van der Waals surface area contributed by atoms with Crippen LogP contribution in [0.25, 0.3) is 0 Å². The van der Waals surface area contributed by atoms with E-state index >= 15 is 0 Å². The molecule has 0 spiro atoms. The Labute approximate surface area is 185 Å². The first-order valence-electron chi connectivity index (χ1n) is 11.8. The molecule has 7 heteroatoms. The molecular formula is C24H36N4O3. The third-order valence-corrected chi connectivity index (χ3v) is 6.36. The zero-order valence-corrected chi connectivity index (χ0v) is 19.0. The van der Waals surface area contributed by atoms with Crippen molar-refractivity contribution in [3.05, 3.63) is 23.3 Å². The van der Waals surface area contributed by atoms with Crippen molar-refractivity contribution in [2.75, 3.05) is 13.7 Å². The van der Waals surface area contributed by atoms with Crippen molar-refractivity contribution in [2.24, 2.45) is 10.9 Å². The zero-order chi connectivity index (χ0) is 21.8. The summed E-state index contributed by atoms with van der Waals surface area (Å²) in [6.07, 6.45) is 7.34. The van der Waals surface area contributed by atoms with Gasteiger partial charge in [-0.15, -0.1) is 0 Å². The third-order valence-electron chi connectivity index (χ3n) is 6.36. The minimum atomic E-state index is 0.102. The molecule has 1 aromatic rings. The van der Waals surface area contributed by atoms with E-state index in [-0.39, 0.29) is 24.0 Å². The molecule has 2 saturated carbocycles. The van der Waals surface area contributed by atoms with E-state index in [2.05, 4.69) is 41.9 Å². The van der Waals surface area contributed by atoms with Gasteiger partial charge in [0.1, 0.15) is 17.6 Å². The Bertz CT molecular complexity index is 821. The van der Waals surface area contributed by atoms with E-state index in [0.717, 1.165) is 74.5 Å². The highest BCUT2D eigenvalue weighted by Gasteiger charge is 2.31. The van der Waals surface area contributed by atoms with Gasteiger partial charge in [-0.05, 0) is 58.1 Å². The lowest BCUT2D eigenvalue weighted by molar-refractivity contribution is -0.126. The molecule has 3 aliphatic rings. The van der Waals surface area contributed by atoms with Crippen LogP contribution < -0.4 is 25.4 Å². The predicted octanol–water partition coefficient (Wildman–Crippen LogP) is 2.91. The van der Waals surface area contributed by atoms with Crippen molar-refractivity contribution in [3.8, 4) is 11.5 Å². The lowest BCUT2D eigenvalue weighted by atomic mass is 9.85. The molecule has 4 rings (SSSR count). The van der Waals surface area contributed by atoms with Crippen LogP contribution >= 0.6 is 0 Å². The van der Waals surface area contributed by atoms with Crippen molar-refractivity contribution < 1.29 is 14.3 Å². The fourth-order valence-corrected chi connectivity index (χ4v) is 4.58. The molecule has 3 N–H and O–H groups in total. The van der Waals surface area contributed by atoms with Crippen LogP contribution in [0.15, 0.2) is 17.1 Å². The summed E-state index contributed by atoms with van der Waals surface area (Å²) in [6, 6.07) is 4.82. The number of benzene rings is 1. The molecule has 2 aliphatic carbocycles. The topological polar surface area (TPSA) is 84.0 Å². The molecule has 3 unspecified atom stereocenters. The van der Waals surface area contributed by atoms with Gasteiger partial charge in [0.25, 0.3) is 0 Å². The van der Waals surface area contributed by atoms with Crippen molar-refractivity contribution in [3.63, 3.8) is 0 Å². The number of carbonyl (C=O) groups excluding carboxylic acids is 1. The summed E-state index contributed by atoms with van der Waals surface area (Å²) in [4.78, 5) is 17.3. The monoisotopic (exact) mass is 428 g/mol. The molecule has 1 amide bonds. The first-order chi connectivity index (χ1) is 15.1. The standard InChI is InChI=1S/C24H36N4O3/c1-4-25-24(28-20-7-5-6-16(11-20)23(29)27-19-8-9-19)26-14-18-13-22-17(10-15(2)31-22)12-21(18)30-3/h12-13,15-16,19-20H,4-11,14H2,1-3H3,(H,27,29)(H2,25,26,28). The maximum absolute atomic E-state index is 12.5. The molecular weight excluding hydrogens is 392 g/mol. The van der Waals surface area contributed by atoms with Gasteiger partial charge in [0.2, 0.25) is 5.91 Å². The molecule has 170 valence electrons. The molecule has 1 aromatic carbocycles. The highest BCUT2D eigenvalue weighted by molar-refractivity contribution is 5.81. The third kappa shape index (κ3) is 5.63. The van der Waals surface area contributed by atoms with Gasteiger partial charge in [0, 0.05) is 42.1 Å². The van der Waals surface area contributed by atoms with E-state index in [4.69, 9.17) is 14.5 Å². The molecule has 7 nitrogen and oxygen atoms in total. The Kier molecular flexibility index (Phi) is 6.88. The Balaban J connectivity index is 1.40. The summed E-state index contributed by atoms with van der Waals surface area (Å²) in [5.74, 6) is 2.91. The van der Waals surface area contributed by atoms with Gasteiger partial charge in [0.05, 0.1) is 13.7 Å². The van der Waals surface area contributed by atoms with Crippen molar-refractivity contribution in [1.82, 2.24) is 16.0 Å². The maximum Gasteiger partial charge on any atom is 0.223 e. The Morgan fingerprint density at radius 3 is 2.77 bits per heavy atom. The van der Waals surface area contributed by atoms with E-state index in [0.29, 0.717) is 12.6 Å². The first kappa shape index (κ1) is 21.8. The smallest absolute Gasteiger partial charge is 0.223 e. The molecule has 0 aromatic heterocycles. The lowest BCUT2D eigenvalue weighted by Crippen LogP contribution is -2.47. The molecule has 1 heterocycles. The van der Waals surface area contributed by atoms with Gasteiger partial charge in [-0.1, -0.05) is 6.42 Å². The summed E-state index contributed by atoms with van der Waals surface area (Å²) < 4.78 is 11.5. The van der Waals surface area contributed by atoms with Crippen LogP contribution in [-0.4, -0.2) is 43.7 Å². The summed E-state index contributed by atoms with van der Waals surface area (Å²) in [5, 5.41) is 10.1. The van der Waals surface area contributed by atoms with Crippen molar-refractivity contribution in [2.45, 2.75) is 83.5 Å².